The summed E-state index contributed by atoms with van der Waals surface area (Å²) in [5.74, 6) is 2.26. The van der Waals surface area contributed by atoms with Crippen LogP contribution in [0.15, 0.2) is 0 Å². The Bertz CT molecular complexity index is 199. The van der Waals surface area contributed by atoms with E-state index in [0.717, 1.165) is 24.4 Å². The number of nitrogens with one attached hydrogen (secondary N) is 1. The molecule has 0 radical (unpaired) electrons. The van der Waals surface area contributed by atoms with Gasteiger partial charge in [0, 0.05) is 12.6 Å². The topological polar surface area (TPSA) is 32.3 Å². The molecule has 2 aliphatic carbocycles. The van der Waals surface area contributed by atoms with Crippen LogP contribution in [0.5, 0.6) is 0 Å². The van der Waals surface area contributed by atoms with E-state index in [2.05, 4.69) is 12.2 Å². The van der Waals surface area contributed by atoms with E-state index >= 15 is 0 Å². The minimum absolute atomic E-state index is 0.397. The van der Waals surface area contributed by atoms with Gasteiger partial charge in [0.25, 0.3) is 0 Å². The third-order valence-electron chi connectivity index (χ3n) is 4.74. The Morgan fingerprint density at radius 2 is 1.69 bits per heavy atom. The van der Waals surface area contributed by atoms with E-state index < -0.39 is 0 Å². The van der Waals surface area contributed by atoms with Gasteiger partial charge in [0.15, 0.2) is 0 Å². The second-order valence-electron chi connectivity index (χ2n) is 6.00. The van der Waals surface area contributed by atoms with Crippen molar-refractivity contribution in [2.75, 3.05) is 13.2 Å². The lowest BCUT2D eigenvalue weighted by atomic mass is 9.87. The van der Waals surface area contributed by atoms with Gasteiger partial charge in [-0.05, 0) is 62.8 Å². The predicted molar refractivity (Wildman–Crippen MR) is 67.3 cm³/mol. The van der Waals surface area contributed by atoms with Gasteiger partial charge in [0.1, 0.15) is 0 Å². The quantitative estimate of drug-likeness (QED) is 0.770. The molecule has 2 N–H and O–H groups in total. The lowest BCUT2D eigenvalue weighted by Gasteiger charge is -2.29. The highest BCUT2D eigenvalue weighted by Crippen LogP contribution is 2.31. The van der Waals surface area contributed by atoms with Crippen molar-refractivity contribution < 1.29 is 5.11 Å². The Balaban J connectivity index is 1.67. The van der Waals surface area contributed by atoms with Crippen molar-refractivity contribution in [3.05, 3.63) is 0 Å². The summed E-state index contributed by atoms with van der Waals surface area (Å²) >= 11 is 0. The zero-order valence-electron chi connectivity index (χ0n) is 10.6. The van der Waals surface area contributed by atoms with Gasteiger partial charge in [-0.2, -0.15) is 0 Å². The van der Waals surface area contributed by atoms with E-state index in [0.29, 0.717) is 12.5 Å². The molecule has 2 aliphatic rings. The van der Waals surface area contributed by atoms with Gasteiger partial charge in [0.2, 0.25) is 0 Å². The first-order valence-corrected chi connectivity index (χ1v) is 7.14. The summed E-state index contributed by atoms with van der Waals surface area (Å²) in [4.78, 5) is 0. The maximum atomic E-state index is 9.28. The molecule has 2 rings (SSSR count). The van der Waals surface area contributed by atoms with Gasteiger partial charge >= 0.3 is 0 Å². The molecule has 0 aromatic heterocycles. The second-order valence-corrected chi connectivity index (χ2v) is 6.00. The van der Waals surface area contributed by atoms with Crippen molar-refractivity contribution in [3.63, 3.8) is 0 Å². The minimum Gasteiger partial charge on any atom is -0.396 e. The fraction of sp³-hybridized carbons (Fsp3) is 1.00. The fourth-order valence-corrected chi connectivity index (χ4v) is 3.40. The number of hydrogen-bond donors (Lipinski definition) is 2. The number of aliphatic hydroxyl groups excluding tert-OH is 1. The maximum Gasteiger partial charge on any atom is 0.0462 e. The van der Waals surface area contributed by atoms with Crippen LogP contribution in [0.3, 0.4) is 0 Å². The van der Waals surface area contributed by atoms with Gasteiger partial charge in [-0.25, -0.2) is 0 Å². The van der Waals surface area contributed by atoms with E-state index in [1.165, 1.54) is 44.9 Å². The molecule has 0 aromatic rings. The molecule has 2 fully saturated rings. The minimum atomic E-state index is 0.397. The lowest BCUT2D eigenvalue weighted by Crippen LogP contribution is -2.37. The molecular formula is C14H27NO. The number of aliphatic hydroxyl groups is 1. The highest BCUT2D eigenvalue weighted by molar-refractivity contribution is 4.81. The molecule has 2 heteroatoms. The first-order chi connectivity index (χ1) is 7.79. The standard InChI is InChI=1S/C14H27NO/c1-11-5-7-14(8-6-11)15-9-12-3-2-4-13(12)10-16/h11-16H,2-10H2,1H3. The van der Waals surface area contributed by atoms with Crippen molar-refractivity contribution in [2.45, 2.75) is 57.9 Å². The first kappa shape index (κ1) is 12.4. The summed E-state index contributed by atoms with van der Waals surface area (Å²) in [5, 5.41) is 13.0. The molecule has 94 valence electrons. The van der Waals surface area contributed by atoms with Crippen LogP contribution in [-0.4, -0.2) is 24.3 Å². The zero-order chi connectivity index (χ0) is 11.4. The molecule has 0 spiro atoms. The van der Waals surface area contributed by atoms with E-state index in [1.54, 1.807) is 0 Å². The SMILES string of the molecule is CC1CCC(NCC2CCCC2CO)CC1. The maximum absolute atomic E-state index is 9.28. The fourth-order valence-electron chi connectivity index (χ4n) is 3.40. The van der Waals surface area contributed by atoms with Gasteiger partial charge in [-0.15, -0.1) is 0 Å². The Morgan fingerprint density at radius 1 is 1.00 bits per heavy atom. The molecule has 2 saturated carbocycles. The monoisotopic (exact) mass is 225 g/mol. The first-order valence-electron chi connectivity index (χ1n) is 7.14. The van der Waals surface area contributed by atoms with Crippen molar-refractivity contribution in [1.29, 1.82) is 0 Å². The Hall–Kier alpha value is -0.0800. The van der Waals surface area contributed by atoms with Crippen LogP contribution in [0, 0.1) is 17.8 Å². The summed E-state index contributed by atoms with van der Waals surface area (Å²) in [6.07, 6.45) is 9.39. The van der Waals surface area contributed by atoms with Crippen molar-refractivity contribution in [3.8, 4) is 0 Å². The summed E-state index contributed by atoms with van der Waals surface area (Å²) in [5.41, 5.74) is 0. The largest absolute Gasteiger partial charge is 0.396 e. The van der Waals surface area contributed by atoms with Crippen LogP contribution in [0.25, 0.3) is 0 Å². The van der Waals surface area contributed by atoms with Crippen LogP contribution in [0.2, 0.25) is 0 Å². The van der Waals surface area contributed by atoms with Gasteiger partial charge in [0.05, 0.1) is 0 Å². The normalized spacial score (nSPS) is 40.1. The van der Waals surface area contributed by atoms with Crippen LogP contribution in [0.1, 0.15) is 51.9 Å². The Kier molecular flexibility index (Phi) is 4.66. The molecule has 0 saturated heterocycles. The van der Waals surface area contributed by atoms with Crippen LogP contribution in [-0.2, 0) is 0 Å². The lowest BCUT2D eigenvalue weighted by molar-refractivity contribution is 0.186. The van der Waals surface area contributed by atoms with E-state index in [-0.39, 0.29) is 0 Å². The Morgan fingerprint density at radius 3 is 2.38 bits per heavy atom. The van der Waals surface area contributed by atoms with Crippen molar-refractivity contribution in [1.82, 2.24) is 5.32 Å². The average molecular weight is 225 g/mol. The number of hydrogen-bond acceptors (Lipinski definition) is 2. The second kappa shape index (κ2) is 6.02. The molecule has 0 aliphatic heterocycles. The van der Waals surface area contributed by atoms with Crippen molar-refractivity contribution >= 4 is 0 Å². The van der Waals surface area contributed by atoms with E-state index in [9.17, 15) is 5.11 Å². The summed E-state index contributed by atoms with van der Waals surface area (Å²) in [6, 6.07) is 0.760. The molecular weight excluding hydrogens is 198 g/mol. The third kappa shape index (κ3) is 3.21. The molecule has 0 aromatic carbocycles. The van der Waals surface area contributed by atoms with Crippen LogP contribution in [0.4, 0.5) is 0 Å². The average Bonchev–Trinajstić information content (AvgIpc) is 2.76. The predicted octanol–water partition coefficient (Wildman–Crippen LogP) is 2.56. The van der Waals surface area contributed by atoms with Gasteiger partial charge in [-0.3, -0.25) is 0 Å². The molecule has 2 nitrogen and oxygen atoms in total. The molecule has 0 amide bonds. The summed E-state index contributed by atoms with van der Waals surface area (Å²) in [6.45, 7) is 3.91. The third-order valence-corrected chi connectivity index (χ3v) is 4.74. The van der Waals surface area contributed by atoms with E-state index in [1.807, 2.05) is 0 Å². The van der Waals surface area contributed by atoms with Gasteiger partial charge in [-0.1, -0.05) is 13.3 Å². The highest BCUT2D eigenvalue weighted by atomic mass is 16.3. The van der Waals surface area contributed by atoms with Crippen LogP contribution >= 0.6 is 0 Å². The smallest absolute Gasteiger partial charge is 0.0462 e. The molecule has 16 heavy (non-hydrogen) atoms. The number of rotatable bonds is 4. The van der Waals surface area contributed by atoms with E-state index in [4.69, 9.17) is 0 Å². The molecule has 0 bridgehead atoms. The van der Waals surface area contributed by atoms with Gasteiger partial charge < -0.3 is 10.4 Å². The molecule has 0 heterocycles. The summed E-state index contributed by atoms with van der Waals surface area (Å²) < 4.78 is 0. The van der Waals surface area contributed by atoms with Crippen molar-refractivity contribution in [2.24, 2.45) is 17.8 Å². The highest BCUT2D eigenvalue weighted by Gasteiger charge is 2.27. The Labute approximate surface area is 99.8 Å². The molecule has 2 atom stereocenters. The van der Waals surface area contributed by atoms with Crippen LogP contribution < -0.4 is 5.32 Å². The summed E-state index contributed by atoms with van der Waals surface area (Å²) in [7, 11) is 0. The molecule has 2 unspecified atom stereocenters. The zero-order valence-corrected chi connectivity index (χ0v) is 10.6.